The number of likely N-dealkylation sites (tertiary alicyclic amines) is 1. The number of aromatic nitrogens is 1. The van der Waals surface area contributed by atoms with E-state index < -0.39 is 0 Å². The molecule has 1 aromatic carbocycles. The summed E-state index contributed by atoms with van der Waals surface area (Å²) in [5.74, 6) is -0.766. The van der Waals surface area contributed by atoms with Crippen LogP contribution in [0.3, 0.4) is 0 Å². The molecule has 1 aliphatic heterocycles. The van der Waals surface area contributed by atoms with Crippen LogP contribution in [0.5, 0.6) is 0 Å². The minimum absolute atomic E-state index is 0.144. The summed E-state index contributed by atoms with van der Waals surface area (Å²) in [6.07, 6.45) is 3.15. The molecule has 1 aromatic heterocycles. The molecule has 1 aliphatic rings. The summed E-state index contributed by atoms with van der Waals surface area (Å²) in [5.41, 5.74) is 8.82. The largest absolute Gasteiger partial charge is 0.369 e. The van der Waals surface area contributed by atoms with Crippen LogP contribution in [-0.4, -0.2) is 53.8 Å². The van der Waals surface area contributed by atoms with Crippen molar-refractivity contribution in [1.29, 1.82) is 0 Å². The maximum absolute atomic E-state index is 13.1. The zero-order valence-electron chi connectivity index (χ0n) is 15.9. The molecule has 2 heterocycles. The van der Waals surface area contributed by atoms with E-state index in [0.717, 1.165) is 30.5 Å². The van der Waals surface area contributed by atoms with Crippen LogP contribution in [0, 0.1) is 5.92 Å². The molecule has 0 bridgehead atoms. The quantitative estimate of drug-likeness (QED) is 0.879. The Morgan fingerprint density at radius 2 is 2.07 bits per heavy atom. The summed E-state index contributed by atoms with van der Waals surface area (Å²) in [5, 5.41) is 0. The number of nitrogens with two attached hydrogens (primary N) is 1. The third kappa shape index (κ3) is 4.52. The maximum Gasteiger partial charge on any atom is 0.273 e. The molecular formula is C21H26N4O2. The van der Waals surface area contributed by atoms with Gasteiger partial charge in [-0.3, -0.25) is 14.6 Å². The number of amides is 2. The second-order valence-electron chi connectivity index (χ2n) is 7.33. The van der Waals surface area contributed by atoms with E-state index in [-0.39, 0.29) is 17.7 Å². The number of hydrogen-bond acceptors (Lipinski definition) is 4. The first-order valence-electron chi connectivity index (χ1n) is 9.23. The first-order valence-corrected chi connectivity index (χ1v) is 9.23. The van der Waals surface area contributed by atoms with Crippen molar-refractivity contribution in [3.8, 4) is 11.1 Å². The van der Waals surface area contributed by atoms with Crippen molar-refractivity contribution in [2.24, 2.45) is 11.7 Å². The molecule has 1 fully saturated rings. The van der Waals surface area contributed by atoms with Gasteiger partial charge in [-0.05, 0) is 50.2 Å². The highest BCUT2D eigenvalue weighted by molar-refractivity contribution is 5.99. The van der Waals surface area contributed by atoms with Crippen molar-refractivity contribution in [1.82, 2.24) is 14.8 Å². The molecule has 0 saturated carbocycles. The molecule has 142 valence electrons. The monoisotopic (exact) mass is 366 g/mol. The van der Waals surface area contributed by atoms with Crippen molar-refractivity contribution in [3.05, 3.63) is 53.9 Å². The van der Waals surface area contributed by atoms with Crippen LogP contribution in [-0.2, 0) is 11.3 Å². The summed E-state index contributed by atoms with van der Waals surface area (Å²) < 4.78 is 0. The molecule has 0 radical (unpaired) electrons. The van der Waals surface area contributed by atoms with Crippen molar-refractivity contribution in [2.45, 2.75) is 19.4 Å². The zero-order chi connectivity index (χ0) is 19.4. The number of piperidine rings is 1. The minimum atomic E-state index is -0.342. The van der Waals surface area contributed by atoms with Crippen LogP contribution < -0.4 is 5.73 Å². The molecule has 3 rings (SSSR count). The lowest BCUT2D eigenvalue weighted by molar-refractivity contribution is -0.123. The van der Waals surface area contributed by atoms with Gasteiger partial charge in [-0.2, -0.15) is 0 Å². The van der Waals surface area contributed by atoms with Crippen LogP contribution in [0.15, 0.2) is 42.6 Å². The smallest absolute Gasteiger partial charge is 0.273 e. The van der Waals surface area contributed by atoms with Crippen LogP contribution >= 0.6 is 0 Å². The van der Waals surface area contributed by atoms with Crippen molar-refractivity contribution in [3.63, 3.8) is 0 Å². The SMILES string of the molecule is CN(C)Cc1cccc(-c2cccnc2C(=O)N2CCC[C@H](C(N)=O)C2)c1. The van der Waals surface area contributed by atoms with Crippen LogP contribution in [0.4, 0.5) is 0 Å². The third-order valence-electron chi connectivity index (χ3n) is 4.86. The Balaban J connectivity index is 1.90. The highest BCUT2D eigenvalue weighted by Gasteiger charge is 2.29. The second-order valence-corrected chi connectivity index (χ2v) is 7.33. The van der Waals surface area contributed by atoms with Crippen molar-refractivity contribution in [2.75, 3.05) is 27.2 Å². The fourth-order valence-electron chi connectivity index (χ4n) is 3.55. The predicted molar refractivity (Wildman–Crippen MR) is 105 cm³/mol. The molecule has 2 aromatic rings. The Hall–Kier alpha value is -2.73. The highest BCUT2D eigenvalue weighted by Crippen LogP contribution is 2.26. The molecule has 6 nitrogen and oxygen atoms in total. The Morgan fingerprint density at radius 3 is 2.81 bits per heavy atom. The second kappa shape index (κ2) is 8.31. The number of primary amides is 1. The maximum atomic E-state index is 13.1. The van der Waals surface area contributed by atoms with Crippen molar-refractivity contribution >= 4 is 11.8 Å². The van der Waals surface area contributed by atoms with Gasteiger partial charge in [-0.1, -0.05) is 24.3 Å². The van der Waals surface area contributed by atoms with Gasteiger partial charge >= 0.3 is 0 Å². The number of benzene rings is 1. The summed E-state index contributed by atoms with van der Waals surface area (Å²) in [6, 6.07) is 11.9. The van der Waals surface area contributed by atoms with E-state index in [1.807, 2.05) is 38.4 Å². The van der Waals surface area contributed by atoms with Crippen LogP contribution in [0.1, 0.15) is 28.9 Å². The summed E-state index contributed by atoms with van der Waals surface area (Å²) in [7, 11) is 4.05. The Bertz CT molecular complexity index is 834. The van der Waals surface area contributed by atoms with Gasteiger partial charge < -0.3 is 15.5 Å². The molecule has 0 aliphatic carbocycles. The molecule has 6 heteroatoms. The Labute approximate surface area is 160 Å². The van der Waals surface area contributed by atoms with Gasteiger partial charge in [0.05, 0.1) is 5.92 Å². The molecule has 0 unspecified atom stereocenters. The lowest BCUT2D eigenvalue weighted by Crippen LogP contribution is -2.44. The molecule has 1 atom stereocenters. The minimum Gasteiger partial charge on any atom is -0.369 e. The standard InChI is InChI=1S/C21H26N4O2/c1-24(2)13-15-6-3-7-16(12-15)18-9-4-10-23-19(18)21(27)25-11-5-8-17(14-25)20(22)26/h3-4,6-7,9-10,12,17H,5,8,11,13-14H2,1-2H3,(H2,22,26)/t17-/m0/s1. The van der Waals surface area contributed by atoms with Gasteiger partial charge in [0, 0.05) is 31.4 Å². The van der Waals surface area contributed by atoms with E-state index in [1.54, 1.807) is 11.1 Å². The van der Waals surface area contributed by atoms with E-state index in [4.69, 9.17) is 5.73 Å². The number of carbonyl (C=O) groups is 2. The first kappa shape index (κ1) is 19.0. The zero-order valence-corrected chi connectivity index (χ0v) is 15.9. The molecule has 1 saturated heterocycles. The van der Waals surface area contributed by atoms with E-state index in [2.05, 4.69) is 22.0 Å². The van der Waals surface area contributed by atoms with Gasteiger partial charge in [-0.25, -0.2) is 0 Å². The van der Waals surface area contributed by atoms with E-state index in [0.29, 0.717) is 18.8 Å². The van der Waals surface area contributed by atoms with Gasteiger partial charge in [0.1, 0.15) is 5.69 Å². The molecule has 0 spiro atoms. The average Bonchev–Trinajstić information content (AvgIpc) is 2.67. The number of nitrogens with zero attached hydrogens (tertiary/aromatic N) is 3. The molecule has 2 amide bonds. The van der Waals surface area contributed by atoms with Crippen molar-refractivity contribution < 1.29 is 9.59 Å². The fraction of sp³-hybridized carbons (Fsp3) is 0.381. The normalized spacial score (nSPS) is 17.1. The fourth-order valence-corrected chi connectivity index (χ4v) is 3.55. The molecule has 2 N–H and O–H groups in total. The topological polar surface area (TPSA) is 79.5 Å². The van der Waals surface area contributed by atoms with Gasteiger partial charge in [0.2, 0.25) is 5.91 Å². The average molecular weight is 366 g/mol. The Kier molecular flexibility index (Phi) is 5.86. The Morgan fingerprint density at radius 1 is 1.26 bits per heavy atom. The molecular weight excluding hydrogens is 340 g/mol. The van der Waals surface area contributed by atoms with Crippen LogP contribution in [0.25, 0.3) is 11.1 Å². The van der Waals surface area contributed by atoms with E-state index >= 15 is 0 Å². The number of pyridine rings is 1. The van der Waals surface area contributed by atoms with Gasteiger partial charge in [-0.15, -0.1) is 0 Å². The lowest BCUT2D eigenvalue weighted by atomic mass is 9.96. The summed E-state index contributed by atoms with van der Waals surface area (Å²) >= 11 is 0. The number of rotatable bonds is 5. The van der Waals surface area contributed by atoms with E-state index in [1.165, 1.54) is 5.56 Å². The lowest BCUT2D eigenvalue weighted by Gasteiger charge is -2.31. The number of hydrogen-bond donors (Lipinski definition) is 1. The molecule has 27 heavy (non-hydrogen) atoms. The van der Waals surface area contributed by atoms with Gasteiger partial charge in [0.15, 0.2) is 0 Å². The summed E-state index contributed by atoms with van der Waals surface area (Å²) in [4.78, 5) is 32.8. The van der Waals surface area contributed by atoms with E-state index in [9.17, 15) is 9.59 Å². The van der Waals surface area contributed by atoms with Crippen LogP contribution in [0.2, 0.25) is 0 Å². The highest BCUT2D eigenvalue weighted by atomic mass is 16.2. The first-order chi connectivity index (χ1) is 13.0. The number of carbonyl (C=O) groups excluding carboxylic acids is 2. The van der Waals surface area contributed by atoms with Gasteiger partial charge in [0.25, 0.3) is 5.91 Å². The predicted octanol–water partition coefficient (Wildman–Crippen LogP) is 2.15. The summed E-state index contributed by atoms with van der Waals surface area (Å²) in [6.45, 7) is 1.81. The third-order valence-corrected chi connectivity index (χ3v) is 4.86.